The van der Waals surface area contributed by atoms with Crippen molar-refractivity contribution in [3.63, 3.8) is 0 Å². The van der Waals surface area contributed by atoms with E-state index in [2.05, 4.69) is 6.58 Å². The molecule has 2 nitrogen and oxygen atoms in total. The Balaban J connectivity index is 3.73. The van der Waals surface area contributed by atoms with E-state index < -0.39 is 53.6 Å². The number of halogens is 8. The fourth-order valence-corrected chi connectivity index (χ4v) is 1.88. The number of rotatable bonds is 5. The Hall–Kier alpha value is -1.68. The van der Waals surface area contributed by atoms with Crippen LogP contribution in [-0.2, 0) is 11.2 Å². The molecule has 24 heavy (non-hydrogen) atoms. The summed E-state index contributed by atoms with van der Waals surface area (Å²) in [4.78, 5) is 0. The smallest absolute Gasteiger partial charge is 0.374 e. The molecule has 0 fully saturated rings. The minimum Gasteiger partial charge on any atom is -0.374 e. The Morgan fingerprint density at radius 1 is 0.792 bits per heavy atom. The van der Waals surface area contributed by atoms with Crippen LogP contribution in [0.1, 0.15) is 16.7 Å². The third-order valence-corrected chi connectivity index (χ3v) is 3.47. The van der Waals surface area contributed by atoms with E-state index in [4.69, 9.17) is 0 Å². The predicted molar refractivity (Wildman–Crippen MR) is 68.4 cm³/mol. The van der Waals surface area contributed by atoms with E-state index in [1.165, 1.54) is 0 Å². The Kier molecular flexibility index (Phi) is 5.36. The van der Waals surface area contributed by atoms with Crippen molar-refractivity contribution >= 4 is 6.08 Å². The minimum atomic E-state index is -5.56. The number of aliphatic hydroxyl groups is 2. The lowest BCUT2D eigenvalue weighted by Crippen LogP contribution is -2.46. The van der Waals surface area contributed by atoms with E-state index in [9.17, 15) is 45.3 Å². The van der Waals surface area contributed by atoms with Gasteiger partial charge in [-0.25, -0.2) is 8.78 Å². The first kappa shape index (κ1) is 20.4. The average molecular weight is 364 g/mol. The number of benzene rings is 1. The topological polar surface area (TPSA) is 40.5 Å². The van der Waals surface area contributed by atoms with Crippen molar-refractivity contribution < 1.29 is 45.3 Å². The zero-order valence-corrected chi connectivity index (χ0v) is 11.8. The van der Waals surface area contributed by atoms with Crippen molar-refractivity contribution in [2.24, 2.45) is 0 Å². The summed E-state index contributed by atoms with van der Waals surface area (Å²) in [6.07, 6.45) is -10.3. The van der Waals surface area contributed by atoms with E-state index in [1.807, 2.05) is 0 Å². The van der Waals surface area contributed by atoms with Crippen LogP contribution in [0, 0.1) is 0 Å². The zero-order chi connectivity index (χ0) is 19.0. The fourth-order valence-electron chi connectivity index (χ4n) is 1.88. The first-order chi connectivity index (χ1) is 10.8. The molecule has 2 atom stereocenters. The molecule has 0 aliphatic rings. The van der Waals surface area contributed by atoms with Crippen molar-refractivity contribution in [1.29, 1.82) is 0 Å². The molecule has 2 N–H and O–H groups in total. The monoisotopic (exact) mass is 364 g/mol. The molecule has 10 heteroatoms. The molecule has 0 aliphatic heterocycles. The Morgan fingerprint density at radius 3 is 1.33 bits per heavy atom. The van der Waals surface area contributed by atoms with Crippen LogP contribution in [0.3, 0.4) is 0 Å². The molecule has 2 unspecified atom stereocenters. The molecule has 0 bridgehead atoms. The summed E-state index contributed by atoms with van der Waals surface area (Å²) in [7, 11) is 0. The summed E-state index contributed by atoms with van der Waals surface area (Å²) in [5, 5.41) is 19.0. The molecule has 0 saturated carbocycles. The van der Waals surface area contributed by atoms with Crippen LogP contribution in [0.15, 0.2) is 24.8 Å². The zero-order valence-electron chi connectivity index (χ0n) is 11.8. The van der Waals surface area contributed by atoms with Gasteiger partial charge in [0.1, 0.15) is 13.3 Å². The second-order valence-electron chi connectivity index (χ2n) is 5.03. The largest absolute Gasteiger partial charge is 0.424 e. The Bertz CT molecular complexity index is 564. The van der Waals surface area contributed by atoms with Gasteiger partial charge in [-0.05, 0) is 34.9 Å². The summed E-state index contributed by atoms with van der Waals surface area (Å²) in [5.74, 6) is 0. The average Bonchev–Trinajstić information content (AvgIpc) is 2.50. The molecular formula is C14H12F8O2. The number of hydrogen-bond donors (Lipinski definition) is 2. The number of hydrogen-bond acceptors (Lipinski definition) is 2. The van der Waals surface area contributed by atoms with Gasteiger partial charge in [-0.2, -0.15) is 26.3 Å². The number of alkyl halides is 8. The second kappa shape index (κ2) is 6.32. The second-order valence-corrected chi connectivity index (χ2v) is 5.03. The quantitative estimate of drug-likeness (QED) is 0.781. The lowest BCUT2D eigenvalue weighted by Gasteiger charge is -2.32. The molecule has 0 aliphatic carbocycles. The summed E-state index contributed by atoms with van der Waals surface area (Å²) in [6, 6.07) is 1.14. The molecule has 0 saturated heterocycles. The molecular weight excluding hydrogens is 352 g/mol. The fraction of sp³-hybridized carbons (Fsp3) is 0.429. The normalized spacial score (nSPS) is 17.9. The maximum atomic E-state index is 12.9. The van der Waals surface area contributed by atoms with E-state index >= 15 is 0 Å². The van der Waals surface area contributed by atoms with Gasteiger partial charge < -0.3 is 10.2 Å². The Labute approximate surface area is 131 Å². The van der Waals surface area contributed by atoms with E-state index in [1.54, 1.807) is 0 Å². The van der Waals surface area contributed by atoms with Crippen molar-refractivity contribution in [3.05, 3.63) is 41.5 Å². The van der Waals surface area contributed by atoms with Crippen molar-refractivity contribution in [2.75, 3.05) is 13.3 Å². The lowest BCUT2D eigenvalue weighted by atomic mass is 9.86. The third-order valence-electron chi connectivity index (χ3n) is 3.47. The van der Waals surface area contributed by atoms with Gasteiger partial charge in [0.2, 0.25) is 11.2 Å². The summed E-state index contributed by atoms with van der Waals surface area (Å²) >= 11 is 0. The molecule has 0 spiro atoms. The molecule has 136 valence electrons. The van der Waals surface area contributed by atoms with Gasteiger partial charge in [0.25, 0.3) is 0 Å². The van der Waals surface area contributed by atoms with Crippen LogP contribution in [0.25, 0.3) is 6.08 Å². The molecule has 0 amide bonds. The van der Waals surface area contributed by atoms with Crippen molar-refractivity contribution in [2.45, 2.75) is 23.6 Å². The van der Waals surface area contributed by atoms with Gasteiger partial charge in [0.05, 0.1) is 0 Å². The van der Waals surface area contributed by atoms with Crippen LogP contribution in [0.5, 0.6) is 0 Å². The van der Waals surface area contributed by atoms with Gasteiger partial charge in [0.15, 0.2) is 0 Å². The van der Waals surface area contributed by atoms with Crippen LogP contribution in [0.2, 0.25) is 0 Å². The molecule has 0 aromatic heterocycles. The first-order valence-electron chi connectivity index (χ1n) is 6.25. The van der Waals surface area contributed by atoms with Gasteiger partial charge >= 0.3 is 12.4 Å². The highest BCUT2D eigenvalue weighted by atomic mass is 19.4. The SMILES string of the molecule is C=Cc1cc(C(O)(CF)C(F)(F)F)cc(C(O)(CF)C(F)(F)F)c1. The Morgan fingerprint density at radius 2 is 1.12 bits per heavy atom. The highest BCUT2D eigenvalue weighted by Crippen LogP contribution is 2.44. The molecule has 1 rings (SSSR count). The van der Waals surface area contributed by atoms with Gasteiger partial charge in [-0.1, -0.05) is 12.7 Å². The third kappa shape index (κ3) is 3.25. The van der Waals surface area contributed by atoms with Crippen molar-refractivity contribution in [3.8, 4) is 0 Å². The summed E-state index contributed by atoms with van der Waals surface area (Å²) in [6.45, 7) is -1.64. The van der Waals surface area contributed by atoms with E-state index in [-0.39, 0.29) is 6.07 Å². The van der Waals surface area contributed by atoms with Crippen LogP contribution < -0.4 is 0 Å². The van der Waals surface area contributed by atoms with E-state index in [0.717, 1.165) is 6.08 Å². The highest BCUT2D eigenvalue weighted by molar-refractivity contribution is 5.52. The predicted octanol–water partition coefficient (Wildman–Crippen LogP) is 3.77. The van der Waals surface area contributed by atoms with Crippen molar-refractivity contribution in [1.82, 2.24) is 0 Å². The van der Waals surface area contributed by atoms with Gasteiger partial charge in [0, 0.05) is 0 Å². The summed E-state index contributed by atoms with van der Waals surface area (Å²) < 4.78 is 103. The molecule has 1 aromatic carbocycles. The van der Waals surface area contributed by atoms with Gasteiger partial charge in [-0.15, -0.1) is 0 Å². The maximum absolute atomic E-state index is 12.9. The molecule has 1 aromatic rings. The van der Waals surface area contributed by atoms with Crippen LogP contribution >= 0.6 is 0 Å². The standard InChI is InChI=1S/C14H12F8O2/c1-2-8-3-9(11(23,6-15)13(17,18)19)5-10(4-8)12(24,7-16)14(20,21)22/h2-5,23-24H,1,6-7H2. The molecule has 0 heterocycles. The van der Waals surface area contributed by atoms with Crippen LogP contribution in [-0.4, -0.2) is 35.9 Å². The van der Waals surface area contributed by atoms with Gasteiger partial charge in [-0.3, -0.25) is 0 Å². The highest BCUT2D eigenvalue weighted by Gasteiger charge is 2.58. The summed E-state index contributed by atoms with van der Waals surface area (Å²) in [5.41, 5.74) is -11.3. The van der Waals surface area contributed by atoms with E-state index in [0.29, 0.717) is 12.1 Å². The van der Waals surface area contributed by atoms with Crippen LogP contribution in [0.4, 0.5) is 35.1 Å². The lowest BCUT2D eigenvalue weighted by molar-refractivity contribution is -0.273. The maximum Gasteiger partial charge on any atom is 0.424 e. The first-order valence-corrected chi connectivity index (χ1v) is 6.25. The minimum absolute atomic E-state index is 0.0626. The molecule has 0 radical (unpaired) electrons.